The Morgan fingerprint density at radius 2 is 1.85 bits per heavy atom. The highest BCUT2D eigenvalue weighted by atomic mass is 16.5. The first-order valence-corrected chi connectivity index (χ1v) is 7.06. The van der Waals surface area contributed by atoms with Gasteiger partial charge in [0.2, 0.25) is 0 Å². The van der Waals surface area contributed by atoms with Crippen molar-refractivity contribution in [2.75, 3.05) is 27.9 Å². The minimum absolute atomic E-state index is 0.0587. The summed E-state index contributed by atoms with van der Waals surface area (Å²) >= 11 is 0. The molecular formula is C16H27NO3. The molecule has 0 aromatic heterocycles. The Balaban J connectivity index is 3.27. The van der Waals surface area contributed by atoms with Crippen LogP contribution in [-0.2, 0) is 4.74 Å². The largest absolute Gasteiger partial charge is 0.497 e. The zero-order valence-electron chi connectivity index (χ0n) is 13.4. The van der Waals surface area contributed by atoms with Crippen LogP contribution in [0, 0.1) is 0 Å². The van der Waals surface area contributed by atoms with Crippen molar-refractivity contribution in [1.82, 2.24) is 5.32 Å². The molecular weight excluding hydrogens is 254 g/mol. The molecule has 1 aromatic carbocycles. The highest BCUT2D eigenvalue weighted by Gasteiger charge is 2.35. The Morgan fingerprint density at radius 1 is 1.15 bits per heavy atom. The van der Waals surface area contributed by atoms with Crippen LogP contribution in [0.1, 0.15) is 38.8 Å². The van der Waals surface area contributed by atoms with Crippen LogP contribution in [0.2, 0.25) is 0 Å². The molecule has 2 unspecified atom stereocenters. The molecule has 4 nitrogen and oxygen atoms in total. The quantitative estimate of drug-likeness (QED) is 0.794. The maximum absolute atomic E-state index is 5.76. The molecule has 0 bridgehead atoms. The highest BCUT2D eigenvalue weighted by Crippen LogP contribution is 2.38. The Labute approximate surface area is 122 Å². The standard InChI is InChI=1S/C16H27NO3/c1-7-16(3,20-6)15(17-8-2)13-10-9-12(18-4)11-14(13)19-5/h9-11,15,17H,7-8H2,1-6H3. The lowest BCUT2D eigenvalue weighted by Crippen LogP contribution is -2.43. The van der Waals surface area contributed by atoms with E-state index in [4.69, 9.17) is 14.2 Å². The third kappa shape index (κ3) is 3.44. The number of hydrogen-bond acceptors (Lipinski definition) is 4. The zero-order valence-corrected chi connectivity index (χ0v) is 13.4. The van der Waals surface area contributed by atoms with Crippen LogP contribution in [0.25, 0.3) is 0 Å². The summed E-state index contributed by atoms with van der Waals surface area (Å²) in [6.07, 6.45) is 0.899. The second kappa shape index (κ2) is 7.50. The number of methoxy groups -OCH3 is 3. The van der Waals surface area contributed by atoms with Gasteiger partial charge in [0.05, 0.1) is 25.9 Å². The second-order valence-electron chi connectivity index (χ2n) is 4.97. The van der Waals surface area contributed by atoms with Gasteiger partial charge in [0.15, 0.2) is 0 Å². The lowest BCUT2D eigenvalue weighted by atomic mass is 9.87. The van der Waals surface area contributed by atoms with Crippen LogP contribution in [0.3, 0.4) is 0 Å². The molecule has 0 saturated carbocycles. The highest BCUT2D eigenvalue weighted by molar-refractivity contribution is 5.43. The summed E-state index contributed by atoms with van der Waals surface area (Å²) in [5.74, 6) is 1.60. The van der Waals surface area contributed by atoms with Gasteiger partial charge in [-0.25, -0.2) is 0 Å². The average Bonchev–Trinajstić information content (AvgIpc) is 2.51. The number of hydrogen-bond donors (Lipinski definition) is 1. The number of benzene rings is 1. The van der Waals surface area contributed by atoms with Crippen LogP contribution in [0.4, 0.5) is 0 Å². The fraction of sp³-hybridized carbons (Fsp3) is 0.625. The first-order chi connectivity index (χ1) is 9.56. The molecule has 0 amide bonds. The minimum Gasteiger partial charge on any atom is -0.497 e. The summed E-state index contributed by atoms with van der Waals surface area (Å²) in [4.78, 5) is 0. The van der Waals surface area contributed by atoms with Gasteiger partial charge in [0, 0.05) is 18.7 Å². The normalized spacial score (nSPS) is 15.5. The van der Waals surface area contributed by atoms with E-state index in [1.165, 1.54) is 0 Å². The van der Waals surface area contributed by atoms with E-state index < -0.39 is 0 Å². The molecule has 20 heavy (non-hydrogen) atoms. The lowest BCUT2D eigenvalue weighted by Gasteiger charge is -2.37. The topological polar surface area (TPSA) is 39.7 Å². The van der Waals surface area contributed by atoms with Crippen LogP contribution < -0.4 is 14.8 Å². The van der Waals surface area contributed by atoms with E-state index in [0.717, 1.165) is 30.0 Å². The Bertz CT molecular complexity index is 416. The third-order valence-electron chi connectivity index (χ3n) is 3.94. The molecule has 1 N–H and O–H groups in total. The van der Waals surface area contributed by atoms with Crippen LogP contribution >= 0.6 is 0 Å². The van der Waals surface area contributed by atoms with Crippen molar-refractivity contribution in [2.24, 2.45) is 0 Å². The SMILES string of the molecule is CCNC(c1ccc(OC)cc1OC)C(C)(CC)OC. The van der Waals surface area contributed by atoms with E-state index >= 15 is 0 Å². The van der Waals surface area contributed by atoms with Gasteiger partial charge in [-0.15, -0.1) is 0 Å². The molecule has 0 heterocycles. The number of ether oxygens (including phenoxy) is 3. The predicted molar refractivity (Wildman–Crippen MR) is 81.7 cm³/mol. The van der Waals surface area contributed by atoms with E-state index in [0.29, 0.717) is 0 Å². The van der Waals surface area contributed by atoms with E-state index in [9.17, 15) is 0 Å². The van der Waals surface area contributed by atoms with E-state index in [1.807, 2.05) is 18.2 Å². The first-order valence-electron chi connectivity index (χ1n) is 7.06. The molecule has 4 heteroatoms. The number of nitrogens with one attached hydrogen (secondary N) is 1. The molecule has 114 valence electrons. The predicted octanol–water partition coefficient (Wildman–Crippen LogP) is 3.17. The second-order valence-corrected chi connectivity index (χ2v) is 4.97. The third-order valence-corrected chi connectivity index (χ3v) is 3.94. The average molecular weight is 281 g/mol. The van der Waals surface area contributed by atoms with Gasteiger partial charge in [-0.3, -0.25) is 0 Å². The van der Waals surface area contributed by atoms with Crippen LogP contribution in [0.5, 0.6) is 11.5 Å². The summed E-state index contributed by atoms with van der Waals surface area (Å²) in [5.41, 5.74) is 0.791. The van der Waals surface area contributed by atoms with Crippen molar-refractivity contribution >= 4 is 0 Å². The van der Waals surface area contributed by atoms with Gasteiger partial charge in [0.25, 0.3) is 0 Å². The Hall–Kier alpha value is -1.26. The minimum atomic E-state index is -0.294. The molecule has 2 atom stereocenters. The Morgan fingerprint density at radius 3 is 2.30 bits per heavy atom. The molecule has 0 fully saturated rings. The molecule has 0 aliphatic heterocycles. The summed E-state index contributed by atoms with van der Waals surface area (Å²) < 4.78 is 16.5. The number of likely N-dealkylation sites (N-methyl/N-ethyl adjacent to an activating group) is 1. The maximum atomic E-state index is 5.76. The molecule has 0 radical (unpaired) electrons. The monoisotopic (exact) mass is 281 g/mol. The zero-order chi connectivity index (χ0) is 15.2. The summed E-state index contributed by atoms with van der Waals surface area (Å²) in [6, 6.07) is 5.96. The summed E-state index contributed by atoms with van der Waals surface area (Å²) in [5, 5.41) is 3.51. The van der Waals surface area contributed by atoms with Gasteiger partial charge >= 0.3 is 0 Å². The van der Waals surface area contributed by atoms with Gasteiger partial charge < -0.3 is 19.5 Å². The molecule has 0 aliphatic carbocycles. The van der Waals surface area contributed by atoms with Gasteiger partial charge in [0.1, 0.15) is 11.5 Å². The van der Waals surface area contributed by atoms with E-state index in [2.05, 4.69) is 26.1 Å². The lowest BCUT2D eigenvalue weighted by molar-refractivity contribution is -0.0301. The summed E-state index contributed by atoms with van der Waals surface area (Å²) in [6.45, 7) is 7.20. The molecule has 1 aromatic rings. The van der Waals surface area contributed by atoms with Crippen molar-refractivity contribution < 1.29 is 14.2 Å². The fourth-order valence-corrected chi connectivity index (χ4v) is 2.38. The van der Waals surface area contributed by atoms with Crippen molar-refractivity contribution in [3.8, 4) is 11.5 Å². The molecule has 0 spiro atoms. The molecule has 1 rings (SSSR count). The van der Waals surface area contributed by atoms with E-state index in [-0.39, 0.29) is 11.6 Å². The van der Waals surface area contributed by atoms with Gasteiger partial charge in [-0.05, 0) is 32.0 Å². The van der Waals surface area contributed by atoms with Gasteiger partial charge in [-0.2, -0.15) is 0 Å². The number of rotatable bonds is 8. The smallest absolute Gasteiger partial charge is 0.127 e. The fourth-order valence-electron chi connectivity index (χ4n) is 2.38. The molecule has 0 saturated heterocycles. The summed E-state index contributed by atoms with van der Waals surface area (Å²) in [7, 11) is 5.09. The maximum Gasteiger partial charge on any atom is 0.127 e. The van der Waals surface area contributed by atoms with Crippen LogP contribution in [0.15, 0.2) is 18.2 Å². The van der Waals surface area contributed by atoms with Crippen molar-refractivity contribution in [3.05, 3.63) is 23.8 Å². The van der Waals surface area contributed by atoms with Crippen molar-refractivity contribution in [3.63, 3.8) is 0 Å². The first kappa shape index (κ1) is 16.8. The van der Waals surface area contributed by atoms with Gasteiger partial charge in [-0.1, -0.05) is 13.8 Å². The Kier molecular flexibility index (Phi) is 6.30. The van der Waals surface area contributed by atoms with E-state index in [1.54, 1.807) is 21.3 Å². The van der Waals surface area contributed by atoms with Crippen molar-refractivity contribution in [2.45, 2.75) is 38.8 Å². The molecule has 0 aliphatic rings. The van der Waals surface area contributed by atoms with Crippen molar-refractivity contribution in [1.29, 1.82) is 0 Å². The van der Waals surface area contributed by atoms with Crippen LogP contribution in [-0.4, -0.2) is 33.5 Å².